The van der Waals surface area contributed by atoms with E-state index in [1.807, 2.05) is 48.5 Å². The van der Waals surface area contributed by atoms with Gasteiger partial charge in [0.05, 0.1) is 17.2 Å². The van der Waals surface area contributed by atoms with Gasteiger partial charge < -0.3 is 9.47 Å². The van der Waals surface area contributed by atoms with Gasteiger partial charge in [-0.2, -0.15) is 0 Å². The molecule has 0 bridgehead atoms. The Balaban J connectivity index is 1.42. The maximum Gasteiger partial charge on any atom is 0.264 e. The fraction of sp³-hybridized carbons (Fsp3) is 0.200. The van der Waals surface area contributed by atoms with Crippen molar-refractivity contribution in [2.75, 3.05) is 0 Å². The molecule has 1 N–H and O–H groups in total. The van der Waals surface area contributed by atoms with Gasteiger partial charge in [0.15, 0.2) is 12.5 Å². The quantitative estimate of drug-likeness (QED) is 0.618. The van der Waals surface area contributed by atoms with E-state index in [2.05, 4.69) is 5.32 Å². The lowest BCUT2D eigenvalue weighted by Crippen LogP contribution is -2.61. The van der Waals surface area contributed by atoms with Crippen molar-refractivity contribution in [3.8, 4) is 11.5 Å². The minimum atomic E-state index is -0.731. The highest BCUT2D eigenvalue weighted by Crippen LogP contribution is 2.32. The highest BCUT2D eigenvalue weighted by Gasteiger charge is 2.47. The van der Waals surface area contributed by atoms with Crippen LogP contribution in [-0.2, 0) is 0 Å². The van der Waals surface area contributed by atoms with Crippen LogP contribution in [0.25, 0.3) is 0 Å². The molecular weight excluding hydrogens is 411 g/mol. The second-order valence-corrected chi connectivity index (χ2v) is 7.73. The van der Waals surface area contributed by atoms with Crippen LogP contribution in [0.2, 0.25) is 0 Å². The van der Waals surface area contributed by atoms with Crippen LogP contribution in [0.5, 0.6) is 11.5 Å². The van der Waals surface area contributed by atoms with Gasteiger partial charge in [-0.15, -0.1) is 0 Å². The molecule has 7 heteroatoms. The molecule has 0 saturated carbocycles. The molecule has 3 aromatic rings. The van der Waals surface area contributed by atoms with Gasteiger partial charge in [-0.25, -0.2) is 9.71 Å². The molecule has 32 heavy (non-hydrogen) atoms. The summed E-state index contributed by atoms with van der Waals surface area (Å²) in [5.41, 5.74) is -0.102. The van der Waals surface area contributed by atoms with Gasteiger partial charge in [0.1, 0.15) is 17.3 Å². The molecule has 1 fully saturated rings. The molecule has 1 saturated heterocycles. The lowest BCUT2D eigenvalue weighted by Gasteiger charge is -2.40. The third kappa shape index (κ3) is 3.71. The second kappa shape index (κ2) is 8.43. The van der Waals surface area contributed by atoms with Gasteiger partial charge in [-0.3, -0.25) is 14.5 Å². The monoisotopic (exact) mass is 432 g/mol. The van der Waals surface area contributed by atoms with Crippen LogP contribution in [0, 0.1) is 5.82 Å². The topological polar surface area (TPSA) is 67.9 Å². The van der Waals surface area contributed by atoms with Crippen LogP contribution < -0.4 is 14.8 Å². The van der Waals surface area contributed by atoms with Crippen LogP contribution >= 0.6 is 0 Å². The van der Waals surface area contributed by atoms with Gasteiger partial charge >= 0.3 is 0 Å². The molecular formula is C25H21FN2O4. The first-order chi connectivity index (χ1) is 15.6. The Hall–Kier alpha value is -3.71. The summed E-state index contributed by atoms with van der Waals surface area (Å²) in [6.45, 7) is 0. The van der Waals surface area contributed by atoms with E-state index >= 15 is 0 Å². The summed E-state index contributed by atoms with van der Waals surface area (Å²) in [4.78, 5) is 27.2. The first kappa shape index (κ1) is 20.2. The Kier molecular flexibility index (Phi) is 5.33. The van der Waals surface area contributed by atoms with E-state index in [-0.39, 0.29) is 17.4 Å². The molecule has 162 valence electrons. The molecule has 6 nitrogen and oxygen atoms in total. The van der Waals surface area contributed by atoms with Crippen LogP contribution in [0.15, 0.2) is 78.9 Å². The van der Waals surface area contributed by atoms with Crippen LogP contribution in [0.4, 0.5) is 4.39 Å². The summed E-state index contributed by atoms with van der Waals surface area (Å²) < 4.78 is 26.5. The van der Waals surface area contributed by atoms with E-state index in [0.717, 1.165) is 4.90 Å². The summed E-state index contributed by atoms with van der Waals surface area (Å²) in [5.74, 6) is -0.569. The Morgan fingerprint density at radius 2 is 1.44 bits per heavy atom. The molecule has 3 atom stereocenters. The largest absolute Gasteiger partial charge is 0.475 e. The zero-order chi connectivity index (χ0) is 22.1. The SMILES string of the molecule is O=C1c2cccc(F)c2C(=O)N1C1CCC(Oc2ccccc2)NC1Oc1ccccc1. The maximum atomic E-state index is 14.3. The molecule has 3 aromatic carbocycles. The first-order valence-corrected chi connectivity index (χ1v) is 10.5. The minimum absolute atomic E-state index is 0.0797. The number of benzene rings is 3. The molecule has 0 spiro atoms. The highest BCUT2D eigenvalue weighted by atomic mass is 19.1. The van der Waals surface area contributed by atoms with E-state index in [1.54, 1.807) is 12.1 Å². The lowest BCUT2D eigenvalue weighted by atomic mass is 10.0. The number of ether oxygens (including phenoxy) is 2. The number of hydrogen-bond donors (Lipinski definition) is 1. The molecule has 3 unspecified atom stereocenters. The summed E-state index contributed by atoms with van der Waals surface area (Å²) in [6, 6.07) is 22.0. The fourth-order valence-corrected chi connectivity index (χ4v) is 4.19. The van der Waals surface area contributed by atoms with Crippen molar-refractivity contribution < 1.29 is 23.5 Å². The van der Waals surface area contributed by atoms with Crippen molar-refractivity contribution in [3.05, 3.63) is 95.8 Å². The number of piperidine rings is 1. The van der Waals surface area contributed by atoms with E-state index in [0.29, 0.717) is 24.3 Å². The van der Waals surface area contributed by atoms with Crippen molar-refractivity contribution in [1.29, 1.82) is 0 Å². The lowest BCUT2D eigenvalue weighted by molar-refractivity contribution is -0.0211. The number of para-hydroxylation sites is 2. The minimum Gasteiger partial charge on any atom is -0.475 e. The van der Waals surface area contributed by atoms with Crippen LogP contribution in [-0.4, -0.2) is 35.2 Å². The van der Waals surface area contributed by atoms with Gasteiger partial charge in [0.2, 0.25) is 0 Å². The molecule has 0 aliphatic carbocycles. The third-order valence-corrected chi connectivity index (χ3v) is 5.68. The summed E-state index contributed by atoms with van der Waals surface area (Å²) >= 11 is 0. The van der Waals surface area contributed by atoms with Gasteiger partial charge in [0, 0.05) is 6.42 Å². The van der Waals surface area contributed by atoms with E-state index < -0.39 is 29.9 Å². The predicted molar refractivity (Wildman–Crippen MR) is 115 cm³/mol. The molecule has 0 radical (unpaired) electrons. The third-order valence-electron chi connectivity index (χ3n) is 5.68. The zero-order valence-corrected chi connectivity index (χ0v) is 17.1. The Bertz CT molecular complexity index is 1140. The van der Waals surface area contributed by atoms with E-state index in [1.165, 1.54) is 18.2 Å². The zero-order valence-electron chi connectivity index (χ0n) is 17.1. The molecule has 2 heterocycles. The molecule has 2 aliphatic rings. The van der Waals surface area contributed by atoms with Crippen molar-refractivity contribution in [1.82, 2.24) is 10.2 Å². The molecule has 2 amide bonds. The van der Waals surface area contributed by atoms with Gasteiger partial charge in [-0.1, -0.05) is 42.5 Å². The number of amides is 2. The average molecular weight is 432 g/mol. The number of imide groups is 1. The number of nitrogens with zero attached hydrogens (tertiary/aromatic N) is 1. The Labute approximate surface area is 184 Å². The molecule has 2 aliphatic heterocycles. The van der Waals surface area contributed by atoms with E-state index in [4.69, 9.17) is 9.47 Å². The van der Waals surface area contributed by atoms with E-state index in [9.17, 15) is 14.0 Å². The number of nitrogens with one attached hydrogen (secondary N) is 1. The van der Waals surface area contributed by atoms with Gasteiger partial charge in [0.25, 0.3) is 11.8 Å². The average Bonchev–Trinajstić information content (AvgIpc) is 3.07. The van der Waals surface area contributed by atoms with Crippen LogP contribution in [0.3, 0.4) is 0 Å². The smallest absolute Gasteiger partial charge is 0.264 e. The molecule has 5 rings (SSSR count). The summed E-state index contributed by atoms with van der Waals surface area (Å²) in [7, 11) is 0. The standard InChI is InChI=1S/C25H21FN2O4/c26-19-13-7-12-18-22(19)25(30)28(24(18)29)20-14-15-21(31-16-8-3-1-4-9-16)27-23(20)32-17-10-5-2-6-11-17/h1-13,20-21,23,27H,14-15H2. The first-order valence-electron chi connectivity index (χ1n) is 10.5. The summed E-state index contributed by atoms with van der Waals surface area (Å²) in [5, 5.41) is 3.28. The molecule has 0 aromatic heterocycles. The Morgan fingerprint density at radius 1 is 0.781 bits per heavy atom. The number of fused-ring (bicyclic) bond motifs is 1. The van der Waals surface area contributed by atoms with Crippen molar-refractivity contribution >= 4 is 11.8 Å². The van der Waals surface area contributed by atoms with Crippen LogP contribution in [0.1, 0.15) is 33.6 Å². The Morgan fingerprint density at radius 3 is 2.09 bits per heavy atom. The second-order valence-electron chi connectivity index (χ2n) is 7.73. The number of carbonyl (C=O) groups excluding carboxylic acids is 2. The number of rotatable bonds is 5. The normalized spacial score (nSPS) is 22.5. The summed E-state index contributed by atoms with van der Waals surface area (Å²) in [6.07, 6.45) is -0.140. The van der Waals surface area contributed by atoms with Crippen molar-refractivity contribution in [3.63, 3.8) is 0 Å². The fourth-order valence-electron chi connectivity index (χ4n) is 4.19. The number of carbonyl (C=O) groups is 2. The maximum absolute atomic E-state index is 14.3. The van der Waals surface area contributed by atoms with Crippen molar-refractivity contribution in [2.24, 2.45) is 0 Å². The predicted octanol–water partition coefficient (Wildman–Crippen LogP) is 3.98. The number of hydrogen-bond acceptors (Lipinski definition) is 5. The van der Waals surface area contributed by atoms with Gasteiger partial charge in [-0.05, 0) is 42.8 Å². The van der Waals surface area contributed by atoms with Crippen molar-refractivity contribution in [2.45, 2.75) is 31.3 Å². The number of halogens is 1. The highest BCUT2D eigenvalue weighted by molar-refractivity contribution is 6.21.